The van der Waals surface area contributed by atoms with E-state index in [-0.39, 0.29) is 19.6 Å². The molecule has 17 heavy (non-hydrogen) atoms. The number of carbonyl (C=O) groups excluding carboxylic acids is 1. The van der Waals surface area contributed by atoms with Gasteiger partial charge in [0, 0.05) is 12.4 Å². The second kappa shape index (κ2) is 9.32. The van der Waals surface area contributed by atoms with Crippen LogP contribution in [0, 0.1) is 0 Å². The van der Waals surface area contributed by atoms with Gasteiger partial charge in [-0.25, -0.2) is 0 Å². The zero-order chi connectivity index (χ0) is 14.1. The summed E-state index contributed by atoms with van der Waals surface area (Å²) in [4.78, 5) is 10.0. The molecule has 0 aliphatic carbocycles. The van der Waals surface area contributed by atoms with Gasteiger partial charge in [0.2, 0.25) is 0 Å². The number of aliphatic hydroxyl groups excluding tert-OH is 4. The van der Waals surface area contributed by atoms with Crippen molar-refractivity contribution in [1.29, 1.82) is 0 Å². The number of aliphatic carboxylic acids is 1. The number of carbonyl (C=O) groups is 1. The molecule has 1 atom stereocenters. The summed E-state index contributed by atoms with van der Waals surface area (Å²) in [7, 11) is 5.66. The van der Waals surface area contributed by atoms with Gasteiger partial charge in [-0.3, -0.25) is 0 Å². The topological polar surface area (TPSA) is 121 Å². The Morgan fingerprint density at radius 1 is 1.12 bits per heavy atom. The summed E-state index contributed by atoms with van der Waals surface area (Å²) in [6, 6.07) is 0. The van der Waals surface area contributed by atoms with E-state index in [0.717, 1.165) is 0 Å². The van der Waals surface area contributed by atoms with Gasteiger partial charge in [-0.2, -0.15) is 0 Å². The number of carboxylic acids is 1. The van der Waals surface area contributed by atoms with Crippen LogP contribution in [0.15, 0.2) is 0 Å². The lowest BCUT2D eigenvalue weighted by atomic mass is 10.2. The van der Waals surface area contributed by atoms with Crippen LogP contribution in [0.2, 0.25) is 0 Å². The van der Waals surface area contributed by atoms with Crippen LogP contribution in [0.5, 0.6) is 0 Å². The van der Waals surface area contributed by atoms with E-state index in [9.17, 15) is 9.90 Å². The van der Waals surface area contributed by atoms with Crippen molar-refractivity contribution < 1.29 is 34.8 Å². The van der Waals surface area contributed by atoms with Crippen LogP contribution in [0.4, 0.5) is 0 Å². The number of carboxylic acid groups (broad SMARTS) is 1. The largest absolute Gasteiger partial charge is 0.550 e. The second-order valence-electron chi connectivity index (χ2n) is 4.72. The first-order valence-electron chi connectivity index (χ1n) is 5.20. The molecule has 0 saturated carbocycles. The number of nitrogens with zero attached hydrogens (tertiary/aromatic N) is 1. The lowest BCUT2D eigenvalue weighted by molar-refractivity contribution is -0.873. The van der Waals surface area contributed by atoms with E-state index in [4.69, 9.17) is 20.4 Å². The Morgan fingerprint density at radius 3 is 1.71 bits per heavy atom. The molecule has 0 aliphatic heterocycles. The predicted molar refractivity (Wildman–Crippen MR) is 58.7 cm³/mol. The normalized spacial score (nSPS) is 12.9. The fourth-order valence-electron chi connectivity index (χ4n) is 0.947. The van der Waals surface area contributed by atoms with Gasteiger partial charge in [0.15, 0.2) is 0 Å². The number of rotatable bonds is 6. The van der Waals surface area contributed by atoms with Crippen molar-refractivity contribution in [3.8, 4) is 0 Å². The Hall–Kier alpha value is -0.730. The van der Waals surface area contributed by atoms with Crippen LogP contribution in [0.3, 0.4) is 0 Å². The molecular formula is C10H23NO6. The standard InChI is InChI=1S/C7H15NO3.C3H8O3/c1-8(2,3)5-6(9)4-7(10)11;4-1-3(6)2-5/h6,9H,4-5H2,1-3H3;3-6H,1-2H2. The summed E-state index contributed by atoms with van der Waals surface area (Å²) < 4.78 is 0.550. The minimum Gasteiger partial charge on any atom is -0.550 e. The predicted octanol–water partition coefficient (Wildman–Crippen LogP) is -3.47. The molecule has 104 valence electrons. The van der Waals surface area contributed by atoms with Crippen molar-refractivity contribution in [2.45, 2.75) is 18.6 Å². The third kappa shape index (κ3) is 17.9. The maximum atomic E-state index is 10.0. The molecule has 0 spiro atoms. The molecule has 0 radical (unpaired) electrons. The third-order valence-electron chi connectivity index (χ3n) is 1.58. The molecular weight excluding hydrogens is 230 g/mol. The lowest BCUT2D eigenvalue weighted by Crippen LogP contribution is -2.43. The molecule has 4 N–H and O–H groups in total. The van der Waals surface area contributed by atoms with E-state index in [0.29, 0.717) is 11.0 Å². The van der Waals surface area contributed by atoms with Gasteiger partial charge >= 0.3 is 0 Å². The highest BCUT2D eigenvalue weighted by Gasteiger charge is 2.14. The molecule has 0 aliphatic rings. The van der Waals surface area contributed by atoms with E-state index < -0.39 is 18.2 Å². The van der Waals surface area contributed by atoms with E-state index >= 15 is 0 Å². The molecule has 0 heterocycles. The van der Waals surface area contributed by atoms with Crippen molar-refractivity contribution in [2.24, 2.45) is 0 Å². The number of quaternary nitrogens is 1. The van der Waals surface area contributed by atoms with E-state index in [2.05, 4.69) is 0 Å². The molecule has 0 rings (SSSR count). The molecule has 0 bridgehead atoms. The molecule has 0 aromatic rings. The highest BCUT2D eigenvalue weighted by atomic mass is 16.4. The number of hydrogen-bond donors (Lipinski definition) is 4. The third-order valence-corrected chi connectivity index (χ3v) is 1.58. The van der Waals surface area contributed by atoms with E-state index in [1.165, 1.54) is 0 Å². The van der Waals surface area contributed by atoms with Gasteiger partial charge in [-0.05, 0) is 0 Å². The quantitative estimate of drug-likeness (QED) is 0.365. The molecule has 0 amide bonds. The van der Waals surface area contributed by atoms with Gasteiger partial charge in [0.25, 0.3) is 0 Å². The van der Waals surface area contributed by atoms with Crippen LogP contribution in [-0.2, 0) is 4.79 Å². The summed E-state index contributed by atoms with van der Waals surface area (Å²) in [6.45, 7) is -0.305. The summed E-state index contributed by atoms with van der Waals surface area (Å²) in [5.74, 6) is -1.20. The molecule has 7 heteroatoms. The highest BCUT2D eigenvalue weighted by molar-refractivity contribution is 5.64. The monoisotopic (exact) mass is 253 g/mol. The zero-order valence-corrected chi connectivity index (χ0v) is 10.5. The maximum absolute atomic E-state index is 10.0. The lowest BCUT2D eigenvalue weighted by Gasteiger charge is -2.26. The Labute approximate surface area is 101 Å². The van der Waals surface area contributed by atoms with Gasteiger partial charge in [-0.15, -0.1) is 0 Å². The van der Waals surface area contributed by atoms with Crippen molar-refractivity contribution in [2.75, 3.05) is 40.9 Å². The average Bonchev–Trinajstić information content (AvgIpc) is 2.13. The SMILES string of the molecule is C[N+](C)(C)CC(O)CC(=O)[O-].OCC(O)CO. The smallest absolute Gasteiger partial charge is 0.108 e. The second-order valence-corrected chi connectivity index (χ2v) is 4.72. The number of likely N-dealkylation sites (N-methyl/N-ethyl adjacent to an activating group) is 1. The fourth-order valence-corrected chi connectivity index (χ4v) is 0.947. The van der Waals surface area contributed by atoms with Crippen LogP contribution < -0.4 is 5.11 Å². The summed E-state index contributed by atoms with van der Waals surface area (Å²) in [5.41, 5.74) is 0. The average molecular weight is 253 g/mol. The van der Waals surface area contributed by atoms with Crippen molar-refractivity contribution in [1.82, 2.24) is 0 Å². The van der Waals surface area contributed by atoms with E-state index in [1.54, 1.807) is 0 Å². The van der Waals surface area contributed by atoms with Gasteiger partial charge < -0.3 is 34.8 Å². The van der Waals surface area contributed by atoms with Crippen molar-refractivity contribution >= 4 is 5.97 Å². The molecule has 1 unspecified atom stereocenters. The zero-order valence-electron chi connectivity index (χ0n) is 10.5. The Balaban J connectivity index is 0. The van der Waals surface area contributed by atoms with Crippen molar-refractivity contribution in [3.63, 3.8) is 0 Å². The van der Waals surface area contributed by atoms with Crippen molar-refractivity contribution in [3.05, 3.63) is 0 Å². The van der Waals surface area contributed by atoms with E-state index in [1.807, 2.05) is 21.1 Å². The van der Waals surface area contributed by atoms with Crippen LogP contribution in [-0.4, -0.2) is 84.0 Å². The number of hydrogen-bond acceptors (Lipinski definition) is 6. The van der Waals surface area contributed by atoms with Gasteiger partial charge in [-0.1, -0.05) is 0 Å². The molecule has 7 nitrogen and oxygen atoms in total. The van der Waals surface area contributed by atoms with Crippen LogP contribution >= 0.6 is 0 Å². The van der Waals surface area contributed by atoms with Crippen LogP contribution in [0.25, 0.3) is 0 Å². The van der Waals surface area contributed by atoms with Crippen LogP contribution in [0.1, 0.15) is 6.42 Å². The molecule has 0 aromatic carbocycles. The first-order chi connectivity index (χ1) is 7.62. The highest BCUT2D eigenvalue weighted by Crippen LogP contribution is 1.97. The number of aliphatic hydroxyl groups is 4. The Morgan fingerprint density at radius 2 is 1.53 bits per heavy atom. The Bertz CT molecular complexity index is 199. The van der Waals surface area contributed by atoms with Gasteiger partial charge in [0.1, 0.15) is 18.8 Å². The summed E-state index contributed by atoms with van der Waals surface area (Å²) in [6.07, 6.45) is -2.04. The first-order valence-corrected chi connectivity index (χ1v) is 5.20. The summed E-state index contributed by atoms with van der Waals surface area (Å²) in [5, 5.41) is 43.2. The minimum atomic E-state index is -1.20. The minimum absolute atomic E-state index is 0.282. The maximum Gasteiger partial charge on any atom is 0.108 e. The molecule has 0 saturated heterocycles. The van der Waals surface area contributed by atoms with Gasteiger partial charge in [0.05, 0.1) is 34.4 Å². The molecule has 0 aromatic heterocycles. The molecule has 0 fully saturated rings. The first kappa shape index (κ1) is 18.6. The fraction of sp³-hybridized carbons (Fsp3) is 0.900. The Kier molecular flexibility index (Phi) is 10.2. The summed E-state index contributed by atoms with van der Waals surface area (Å²) >= 11 is 0.